The van der Waals surface area contributed by atoms with Crippen molar-refractivity contribution in [3.8, 4) is 22.8 Å². The van der Waals surface area contributed by atoms with Crippen LogP contribution in [0.5, 0.6) is 11.5 Å². The van der Waals surface area contributed by atoms with E-state index in [9.17, 15) is 0 Å². The highest BCUT2D eigenvalue weighted by atomic mass is 79.9. The minimum Gasteiger partial charge on any atom is -0.490 e. The van der Waals surface area contributed by atoms with E-state index in [4.69, 9.17) is 9.47 Å². The number of hydrogen-bond acceptors (Lipinski definition) is 4. The number of rotatable bonds is 6. The van der Waals surface area contributed by atoms with Gasteiger partial charge in [-0.2, -0.15) is 4.37 Å². The topological polar surface area (TPSA) is 31.4 Å². The van der Waals surface area contributed by atoms with Crippen molar-refractivity contribution in [1.29, 1.82) is 0 Å². The lowest BCUT2D eigenvalue weighted by Gasteiger charge is -2.08. The van der Waals surface area contributed by atoms with Crippen LogP contribution in [0.3, 0.4) is 0 Å². The number of benzene rings is 3. The van der Waals surface area contributed by atoms with E-state index in [1.54, 1.807) is 0 Å². The minimum atomic E-state index is 0.499. The predicted molar refractivity (Wildman–Crippen MR) is 110 cm³/mol. The molecule has 3 aromatic carbocycles. The summed E-state index contributed by atoms with van der Waals surface area (Å²) in [6, 6.07) is 24.1. The molecule has 26 heavy (non-hydrogen) atoms. The molecule has 1 aromatic heterocycles. The molecule has 130 valence electrons. The van der Waals surface area contributed by atoms with E-state index in [2.05, 4.69) is 38.5 Å². The van der Waals surface area contributed by atoms with Crippen LogP contribution >= 0.6 is 27.5 Å². The molecule has 3 nitrogen and oxygen atoms in total. The first kappa shape index (κ1) is 17.1. The molecule has 0 radical (unpaired) electrons. The molecule has 0 atom stereocenters. The lowest BCUT2D eigenvalue weighted by atomic mass is 10.1. The Morgan fingerprint density at radius 3 is 2.31 bits per heavy atom. The van der Waals surface area contributed by atoms with E-state index in [0.717, 1.165) is 37.3 Å². The van der Waals surface area contributed by atoms with Crippen molar-refractivity contribution in [3.63, 3.8) is 0 Å². The van der Waals surface area contributed by atoms with E-state index in [0.29, 0.717) is 13.2 Å². The number of hydrogen-bond donors (Lipinski definition) is 0. The second-order valence-electron chi connectivity index (χ2n) is 5.71. The van der Waals surface area contributed by atoms with Crippen molar-refractivity contribution in [2.24, 2.45) is 0 Å². The molecule has 4 rings (SSSR count). The summed E-state index contributed by atoms with van der Waals surface area (Å²) in [5, 5.41) is 1.14. The summed E-state index contributed by atoms with van der Waals surface area (Å²) in [6.45, 7) is 1.01. The van der Waals surface area contributed by atoms with Gasteiger partial charge in [0.2, 0.25) is 0 Å². The van der Waals surface area contributed by atoms with Crippen LogP contribution < -0.4 is 9.47 Å². The average Bonchev–Trinajstić information content (AvgIpc) is 3.10. The summed E-state index contributed by atoms with van der Waals surface area (Å²) in [6.07, 6.45) is 0. The van der Waals surface area contributed by atoms with Crippen molar-refractivity contribution in [1.82, 2.24) is 4.37 Å². The second-order valence-corrected chi connectivity index (χ2v) is 7.43. The van der Waals surface area contributed by atoms with Gasteiger partial charge in [0.1, 0.15) is 24.7 Å². The van der Waals surface area contributed by atoms with Crippen molar-refractivity contribution in [3.05, 3.63) is 77.3 Å². The van der Waals surface area contributed by atoms with Gasteiger partial charge in [0.15, 0.2) is 0 Å². The molecule has 0 aliphatic carbocycles. The number of ether oxygens (including phenoxy) is 2. The molecule has 0 spiro atoms. The van der Waals surface area contributed by atoms with Crippen LogP contribution in [-0.4, -0.2) is 17.6 Å². The Bertz CT molecular complexity index is 1000. The summed E-state index contributed by atoms with van der Waals surface area (Å²) < 4.78 is 18.3. The zero-order valence-electron chi connectivity index (χ0n) is 13.9. The van der Waals surface area contributed by atoms with E-state index in [1.807, 2.05) is 54.6 Å². The summed E-state index contributed by atoms with van der Waals surface area (Å²) in [5.41, 5.74) is 2.13. The SMILES string of the molecule is Brc1ccc(-c2nsc3cc(OCCOc4ccccc4)ccc23)cc1. The molecule has 0 bridgehead atoms. The molecular formula is C21H16BrNO2S. The Labute approximate surface area is 164 Å². The molecule has 0 aliphatic rings. The highest BCUT2D eigenvalue weighted by Crippen LogP contribution is 2.33. The zero-order valence-corrected chi connectivity index (χ0v) is 16.3. The fourth-order valence-electron chi connectivity index (χ4n) is 2.66. The monoisotopic (exact) mass is 425 g/mol. The molecule has 0 fully saturated rings. The Balaban J connectivity index is 1.42. The van der Waals surface area contributed by atoms with Crippen LogP contribution in [0.4, 0.5) is 0 Å². The van der Waals surface area contributed by atoms with Gasteiger partial charge >= 0.3 is 0 Å². The number of aromatic nitrogens is 1. The summed E-state index contributed by atoms with van der Waals surface area (Å²) in [4.78, 5) is 0. The Morgan fingerprint density at radius 2 is 1.54 bits per heavy atom. The van der Waals surface area contributed by atoms with Crippen LogP contribution in [0.25, 0.3) is 21.3 Å². The molecule has 0 saturated carbocycles. The van der Waals surface area contributed by atoms with Gasteiger partial charge in [-0.05, 0) is 54.0 Å². The Hall–Kier alpha value is -2.37. The number of para-hydroxylation sites is 1. The summed E-state index contributed by atoms with van der Waals surface area (Å²) in [5.74, 6) is 1.69. The number of nitrogens with zero attached hydrogens (tertiary/aromatic N) is 1. The second kappa shape index (κ2) is 7.89. The van der Waals surface area contributed by atoms with Gasteiger partial charge in [0.25, 0.3) is 0 Å². The average molecular weight is 426 g/mol. The summed E-state index contributed by atoms with van der Waals surface area (Å²) in [7, 11) is 0. The maximum Gasteiger partial charge on any atom is 0.122 e. The van der Waals surface area contributed by atoms with Crippen LogP contribution in [0.2, 0.25) is 0 Å². The van der Waals surface area contributed by atoms with Gasteiger partial charge in [0.05, 0.1) is 10.4 Å². The third kappa shape index (κ3) is 3.89. The van der Waals surface area contributed by atoms with Crippen LogP contribution in [0.1, 0.15) is 0 Å². The van der Waals surface area contributed by atoms with Gasteiger partial charge in [-0.15, -0.1) is 0 Å². The molecular weight excluding hydrogens is 410 g/mol. The predicted octanol–water partition coefficient (Wildman–Crippen LogP) is 6.18. The third-order valence-corrected chi connectivity index (χ3v) is 5.26. The number of halogens is 1. The fourth-order valence-corrected chi connectivity index (χ4v) is 3.75. The van der Waals surface area contributed by atoms with Gasteiger partial charge in [-0.25, -0.2) is 0 Å². The molecule has 0 aliphatic heterocycles. The van der Waals surface area contributed by atoms with Crippen LogP contribution in [-0.2, 0) is 0 Å². The number of fused-ring (bicyclic) bond motifs is 1. The summed E-state index contributed by atoms with van der Waals surface area (Å²) >= 11 is 4.96. The quantitative estimate of drug-likeness (QED) is 0.345. The first-order valence-corrected chi connectivity index (χ1v) is 9.82. The van der Waals surface area contributed by atoms with Gasteiger partial charge < -0.3 is 9.47 Å². The fraction of sp³-hybridized carbons (Fsp3) is 0.0952. The van der Waals surface area contributed by atoms with Gasteiger partial charge in [0, 0.05) is 15.4 Å². The van der Waals surface area contributed by atoms with Crippen molar-refractivity contribution in [2.45, 2.75) is 0 Å². The largest absolute Gasteiger partial charge is 0.490 e. The van der Waals surface area contributed by atoms with E-state index in [-0.39, 0.29) is 0 Å². The first-order chi connectivity index (χ1) is 12.8. The standard InChI is InChI=1S/C21H16BrNO2S/c22-16-8-6-15(7-9-16)21-19-11-10-18(14-20(19)26-23-21)25-13-12-24-17-4-2-1-3-5-17/h1-11,14H,12-13H2. The molecule has 0 unspecified atom stereocenters. The van der Waals surface area contributed by atoms with E-state index >= 15 is 0 Å². The van der Waals surface area contributed by atoms with Crippen LogP contribution in [0, 0.1) is 0 Å². The van der Waals surface area contributed by atoms with Crippen molar-refractivity contribution >= 4 is 37.5 Å². The molecule has 0 amide bonds. The van der Waals surface area contributed by atoms with Crippen LogP contribution in [0.15, 0.2) is 77.3 Å². The maximum absolute atomic E-state index is 5.81. The lowest BCUT2D eigenvalue weighted by Crippen LogP contribution is -2.08. The molecule has 0 saturated heterocycles. The maximum atomic E-state index is 5.81. The smallest absolute Gasteiger partial charge is 0.122 e. The van der Waals surface area contributed by atoms with Crippen molar-refractivity contribution < 1.29 is 9.47 Å². The molecule has 5 heteroatoms. The van der Waals surface area contributed by atoms with Crippen molar-refractivity contribution in [2.75, 3.05) is 13.2 Å². The third-order valence-electron chi connectivity index (χ3n) is 3.93. The van der Waals surface area contributed by atoms with Gasteiger partial charge in [-0.3, -0.25) is 0 Å². The van der Waals surface area contributed by atoms with Gasteiger partial charge in [-0.1, -0.05) is 46.3 Å². The zero-order chi connectivity index (χ0) is 17.8. The lowest BCUT2D eigenvalue weighted by molar-refractivity contribution is 0.217. The van der Waals surface area contributed by atoms with E-state index < -0.39 is 0 Å². The highest BCUT2D eigenvalue weighted by Gasteiger charge is 2.09. The Kier molecular flexibility index (Phi) is 5.18. The normalized spacial score (nSPS) is 10.8. The highest BCUT2D eigenvalue weighted by molar-refractivity contribution is 9.10. The minimum absolute atomic E-state index is 0.499. The molecule has 4 aromatic rings. The molecule has 0 N–H and O–H groups in total. The Morgan fingerprint density at radius 1 is 0.808 bits per heavy atom. The first-order valence-electron chi connectivity index (χ1n) is 8.25. The molecule has 1 heterocycles. The van der Waals surface area contributed by atoms with E-state index in [1.165, 1.54) is 11.5 Å².